The monoisotopic (exact) mass is 364 g/mol. The molecule has 0 amide bonds. The van der Waals surface area contributed by atoms with Gasteiger partial charge in [-0.05, 0) is 50.4 Å². The molecule has 0 saturated carbocycles. The van der Waals surface area contributed by atoms with Gasteiger partial charge >= 0.3 is 0 Å². The molecule has 2 heteroatoms. The molecular formula is C21H45ClS. The highest BCUT2D eigenvalue weighted by molar-refractivity contribution is 7.97. The first kappa shape index (κ1) is 25.9. The quantitative estimate of drug-likeness (QED) is 0.279. The van der Waals surface area contributed by atoms with Gasteiger partial charge in [0.05, 0.1) is 6.26 Å². The molecule has 0 aliphatic rings. The van der Waals surface area contributed by atoms with Crippen molar-refractivity contribution in [3.8, 4) is 0 Å². The van der Waals surface area contributed by atoms with E-state index in [9.17, 15) is 0 Å². The molecular weight excluding hydrogens is 320 g/mol. The molecule has 0 fully saturated rings. The molecule has 2 unspecified atom stereocenters. The number of hydrogen-bond donors (Lipinski definition) is 0. The number of hydrogen-bond acceptors (Lipinski definition) is 0. The van der Waals surface area contributed by atoms with Crippen molar-refractivity contribution in [3.63, 3.8) is 0 Å². The molecule has 0 aliphatic carbocycles. The Morgan fingerprint density at radius 3 is 1.22 bits per heavy atom. The minimum atomic E-state index is 0. The first-order chi connectivity index (χ1) is 10.6. The van der Waals surface area contributed by atoms with Gasteiger partial charge in [0, 0.05) is 0 Å². The summed E-state index contributed by atoms with van der Waals surface area (Å²) in [5.41, 5.74) is 0. The molecule has 0 N–H and O–H groups in total. The smallest absolute Gasteiger partial charge is 0.115 e. The molecule has 0 nitrogen and oxygen atoms in total. The molecule has 23 heavy (non-hydrogen) atoms. The Hall–Kier alpha value is 0.640. The molecule has 142 valence electrons. The second-order valence-corrected chi connectivity index (χ2v) is 10.2. The van der Waals surface area contributed by atoms with Crippen molar-refractivity contribution in [2.45, 2.75) is 128 Å². The lowest BCUT2D eigenvalue weighted by Gasteiger charge is -2.18. The molecule has 0 aromatic rings. The Labute approximate surface area is 157 Å². The second-order valence-electron chi connectivity index (χ2n) is 7.34. The molecule has 0 rings (SSSR count). The summed E-state index contributed by atoms with van der Waals surface area (Å²) < 4.78 is 0. The van der Waals surface area contributed by atoms with E-state index >= 15 is 0 Å². The minimum absolute atomic E-state index is 0. The van der Waals surface area contributed by atoms with E-state index in [0.717, 1.165) is 10.5 Å². The van der Waals surface area contributed by atoms with E-state index in [2.05, 4.69) is 34.0 Å². The summed E-state index contributed by atoms with van der Waals surface area (Å²) in [7, 11) is 0.623. The fourth-order valence-corrected chi connectivity index (χ4v) is 5.06. The normalized spacial score (nSPS) is 15.0. The summed E-state index contributed by atoms with van der Waals surface area (Å²) in [5.74, 6) is 0. The van der Waals surface area contributed by atoms with Gasteiger partial charge in [0.15, 0.2) is 0 Å². The van der Waals surface area contributed by atoms with Crippen molar-refractivity contribution < 1.29 is 12.4 Å². The Morgan fingerprint density at radius 2 is 0.870 bits per heavy atom. The van der Waals surface area contributed by atoms with E-state index in [0.29, 0.717) is 10.9 Å². The maximum atomic E-state index is 2.53. The zero-order chi connectivity index (χ0) is 16.6. The van der Waals surface area contributed by atoms with E-state index in [1.165, 1.54) is 89.9 Å². The zero-order valence-electron chi connectivity index (χ0n) is 16.8. The summed E-state index contributed by atoms with van der Waals surface area (Å²) in [5, 5.41) is 1.89. The van der Waals surface area contributed by atoms with E-state index in [1.807, 2.05) is 0 Å². The van der Waals surface area contributed by atoms with E-state index in [1.54, 1.807) is 0 Å². The Bertz CT molecular complexity index is 198. The zero-order valence-corrected chi connectivity index (χ0v) is 18.4. The van der Waals surface area contributed by atoms with Gasteiger partial charge < -0.3 is 12.4 Å². The van der Waals surface area contributed by atoms with Crippen LogP contribution in [0.15, 0.2) is 0 Å². The van der Waals surface area contributed by atoms with Crippen molar-refractivity contribution in [3.05, 3.63) is 0 Å². The summed E-state index contributed by atoms with van der Waals surface area (Å²) in [6.45, 7) is 9.62. The van der Waals surface area contributed by atoms with Crippen molar-refractivity contribution >= 4 is 10.9 Å². The molecule has 0 aromatic heterocycles. The van der Waals surface area contributed by atoms with Gasteiger partial charge in [-0.3, -0.25) is 0 Å². The Morgan fingerprint density at radius 1 is 0.565 bits per heavy atom. The topological polar surface area (TPSA) is 0 Å². The predicted octanol–water partition coefficient (Wildman–Crippen LogP) is 4.52. The number of unbranched alkanes of at least 4 members (excludes halogenated alkanes) is 10. The van der Waals surface area contributed by atoms with Crippen molar-refractivity contribution in [1.82, 2.24) is 0 Å². The maximum absolute atomic E-state index is 2.53. The lowest BCUT2D eigenvalue weighted by atomic mass is 10.1. The first-order valence-electron chi connectivity index (χ1n) is 10.3. The van der Waals surface area contributed by atoms with Crippen LogP contribution in [0.1, 0.15) is 118 Å². The van der Waals surface area contributed by atoms with Crippen molar-refractivity contribution in [2.75, 3.05) is 6.26 Å². The van der Waals surface area contributed by atoms with Gasteiger partial charge in [0.25, 0.3) is 0 Å². The van der Waals surface area contributed by atoms with Gasteiger partial charge in [0.2, 0.25) is 0 Å². The Kier molecular flexibility index (Phi) is 21.3. The summed E-state index contributed by atoms with van der Waals surface area (Å²) in [6, 6.07) is 0. The third-order valence-corrected chi connectivity index (χ3v) is 8.21. The van der Waals surface area contributed by atoms with Crippen LogP contribution in [0.25, 0.3) is 0 Å². The molecule has 0 heterocycles. The van der Waals surface area contributed by atoms with Crippen LogP contribution in [0.5, 0.6) is 0 Å². The third-order valence-electron chi connectivity index (χ3n) is 5.20. The standard InChI is InChI=1S/C21H45S.ClH/c1-6-8-10-12-14-16-18-20(3)22(5)21(4)19-17-15-13-11-9-7-2;/h20-21H,6-19H2,1-5H3;1H/q+1;/p-1. The van der Waals surface area contributed by atoms with Crippen LogP contribution >= 0.6 is 0 Å². The first-order valence-corrected chi connectivity index (χ1v) is 12.0. The van der Waals surface area contributed by atoms with Crippen LogP contribution in [-0.4, -0.2) is 16.8 Å². The van der Waals surface area contributed by atoms with E-state index < -0.39 is 0 Å². The SMILES string of the molecule is CCCCCCCCC(C)[S+](C)C(C)CCCCCCCC.[Cl-]. The van der Waals surface area contributed by atoms with Crippen LogP contribution in [0.2, 0.25) is 0 Å². The van der Waals surface area contributed by atoms with Gasteiger partial charge in [-0.1, -0.05) is 78.1 Å². The average molecular weight is 365 g/mol. The van der Waals surface area contributed by atoms with Crippen LogP contribution in [0, 0.1) is 0 Å². The highest BCUT2D eigenvalue weighted by Crippen LogP contribution is 2.21. The van der Waals surface area contributed by atoms with Crippen LogP contribution in [0.4, 0.5) is 0 Å². The van der Waals surface area contributed by atoms with E-state index in [4.69, 9.17) is 0 Å². The highest BCUT2D eigenvalue weighted by atomic mass is 35.5. The average Bonchev–Trinajstić information content (AvgIpc) is 2.52. The number of rotatable bonds is 16. The lowest BCUT2D eigenvalue weighted by Crippen LogP contribution is -3.00. The fraction of sp³-hybridized carbons (Fsp3) is 1.00. The Balaban J connectivity index is 0. The maximum Gasteiger partial charge on any atom is 0.115 e. The van der Waals surface area contributed by atoms with Gasteiger partial charge in [-0.25, -0.2) is 0 Å². The number of halogens is 1. The lowest BCUT2D eigenvalue weighted by molar-refractivity contribution is -0.00000509. The molecule has 0 aliphatic heterocycles. The molecule has 2 atom stereocenters. The second kappa shape index (κ2) is 19.0. The third kappa shape index (κ3) is 15.9. The summed E-state index contributed by atoms with van der Waals surface area (Å²) in [4.78, 5) is 0. The van der Waals surface area contributed by atoms with Crippen LogP contribution in [0.3, 0.4) is 0 Å². The molecule has 0 spiro atoms. The fourth-order valence-electron chi connectivity index (χ4n) is 3.19. The molecule has 0 radical (unpaired) electrons. The molecule has 0 aromatic carbocycles. The van der Waals surface area contributed by atoms with Gasteiger partial charge in [0.1, 0.15) is 10.5 Å². The molecule has 0 saturated heterocycles. The largest absolute Gasteiger partial charge is 1.00 e. The van der Waals surface area contributed by atoms with Gasteiger partial charge in [-0.2, -0.15) is 0 Å². The van der Waals surface area contributed by atoms with Crippen molar-refractivity contribution in [2.24, 2.45) is 0 Å². The van der Waals surface area contributed by atoms with Gasteiger partial charge in [-0.15, -0.1) is 0 Å². The summed E-state index contributed by atoms with van der Waals surface area (Å²) in [6.07, 6.45) is 22.8. The molecule has 0 bridgehead atoms. The summed E-state index contributed by atoms with van der Waals surface area (Å²) >= 11 is 0. The van der Waals surface area contributed by atoms with Crippen LogP contribution in [-0.2, 0) is 10.9 Å². The van der Waals surface area contributed by atoms with Crippen LogP contribution < -0.4 is 12.4 Å². The minimum Gasteiger partial charge on any atom is -1.00 e. The van der Waals surface area contributed by atoms with E-state index in [-0.39, 0.29) is 12.4 Å². The van der Waals surface area contributed by atoms with Crippen molar-refractivity contribution in [1.29, 1.82) is 0 Å². The highest BCUT2D eigenvalue weighted by Gasteiger charge is 2.26. The predicted molar refractivity (Wildman–Crippen MR) is 108 cm³/mol.